The molecule has 0 aliphatic carbocycles. The summed E-state index contributed by atoms with van der Waals surface area (Å²) in [5.41, 5.74) is 1.77. The van der Waals surface area contributed by atoms with E-state index in [4.69, 9.17) is 11.6 Å². The summed E-state index contributed by atoms with van der Waals surface area (Å²) < 4.78 is 30.2. The van der Waals surface area contributed by atoms with Crippen molar-refractivity contribution in [2.75, 3.05) is 4.72 Å². The number of nitrogens with zero attached hydrogens (tertiary/aromatic N) is 5. The van der Waals surface area contributed by atoms with Gasteiger partial charge in [0.2, 0.25) is 5.03 Å². The lowest BCUT2D eigenvalue weighted by atomic mass is 10.3. The molecule has 3 aromatic heterocycles. The van der Waals surface area contributed by atoms with Gasteiger partial charge in [0.05, 0.1) is 23.9 Å². The highest BCUT2D eigenvalue weighted by Gasteiger charge is 2.23. The Morgan fingerprint density at radius 2 is 2.00 bits per heavy atom. The van der Waals surface area contributed by atoms with Crippen molar-refractivity contribution in [3.63, 3.8) is 0 Å². The van der Waals surface area contributed by atoms with Gasteiger partial charge < -0.3 is 4.57 Å². The minimum atomic E-state index is -3.88. The van der Waals surface area contributed by atoms with E-state index >= 15 is 0 Å². The molecule has 116 valence electrons. The Labute approximate surface area is 131 Å². The van der Waals surface area contributed by atoms with Crippen molar-refractivity contribution in [3.05, 3.63) is 29.4 Å². The van der Waals surface area contributed by atoms with Gasteiger partial charge in [0.15, 0.2) is 5.65 Å². The summed E-state index contributed by atoms with van der Waals surface area (Å²) in [6.45, 7) is 1.83. The molecule has 0 saturated heterocycles. The quantitative estimate of drug-likeness (QED) is 0.779. The zero-order chi connectivity index (χ0) is 16.1. The third-order valence-electron chi connectivity index (χ3n) is 3.20. The maximum absolute atomic E-state index is 12.3. The summed E-state index contributed by atoms with van der Waals surface area (Å²) in [4.78, 5) is 8.03. The minimum absolute atomic E-state index is 0.0408. The number of sulfonamides is 1. The van der Waals surface area contributed by atoms with E-state index in [0.29, 0.717) is 11.3 Å². The third-order valence-corrected chi connectivity index (χ3v) is 5.07. The lowest BCUT2D eigenvalue weighted by molar-refractivity contribution is 0.598. The van der Waals surface area contributed by atoms with Crippen molar-refractivity contribution >= 4 is 38.3 Å². The number of hydrogen-bond donors (Lipinski definition) is 1. The predicted molar refractivity (Wildman–Crippen MR) is 82.3 cm³/mol. The zero-order valence-electron chi connectivity index (χ0n) is 12.1. The first-order valence-electron chi connectivity index (χ1n) is 6.28. The first-order valence-corrected chi connectivity index (χ1v) is 8.14. The van der Waals surface area contributed by atoms with Gasteiger partial charge in [-0.25, -0.2) is 9.97 Å². The molecule has 0 bridgehead atoms. The van der Waals surface area contributed by atoms with Gasteiger partial charge in [-0.15, -0.1) is 0 Å². The fourth-order valence-electron chi connectivity index (χ4n) is 2.14. The SMILES string of the molecule is Cc1nn(C)c2ncc(NS(=O)(=O)c3ncn(C)c3Cl)cc12. The average molecular weight is 341 g/mol. The molecule has 0 amide bonds. The smallest absolute Gasteiger partial charge is 0.282 e. The lowest BCUT2D eigenvalue weighted by Gasteiger charge is -2.06. The second-order valence-corrected chi connectivity index (χ2v) is 6.82. The van der Waals surface area contributed by atoms with E-state index in [0.717, 1.165) is 11.1 Å². The maximum Gasteiger partial charge on any atom is 0.282 e. The highest BCUT2D eigenvalue weighted by Crippen LogP contribution is 2.24. The molecule has 0 atom stereocenters. The Bertz CT molecular complexity index is 975. The van der Waals surface area contributed by atoms with E-state index in [1.54, 1.807) is 24.8 Å². The first-order chi connectivity index (χ1) is 10.3. The second kappa shape index (κ2) is 4.96. The lowest BCUT2D eigenvalue weighted by Crippen LogP contribution is -2.14. The molecule has 8 nitrogen and oxygen atoms in total. The molecule has 3 aromatic rings. The van der Waals surface area contributed by atoms with Gasteiger partial charge in [-0.3, -0.25) is 9.40 Å². The van der Waals surface area contributed by atoms with E-state index in [1.807, 2.05) is 6.92 Å². The molecule has 0 spiro atoms. The zero-order valence-corrected chi connectivity index (χ0v) is 13.6. The molecule has 0 radical (unpaired) electrons. The van der Waals surface area contributed by atoms with E-state index < -0.39 is 10.0 Å². The number of fused-ring (bicyclic) bond motifs is 1. The third kappa shape index (κ3) is 2.32. The number of pyridine rings is 1. The number of nitrogens with one attached hydrogen (secondary N) is 1. The molecule has 22 heavy (non-hydrogen) atoms. The largest absolute Gasteiger partial charge is 0.324 e. The van der Waals surface area contributed by atoms with Crippen LogP contribution in [0.15, 0.2) is 23.6 Å². The molecule has 0 aliphatic rings. The van der Waals surface area contributed by atoms with Crippen molar-refractivity contribution in [3.8, 4) is 0 Å². The van der Waals surface area contributed by atoms with Crippen molar-refractivity contribution in [2.24, 2.45) is 14.1 Å². The van der Waals surface area contributed by atoms with Gasteiger partial charge in [-0.1, -0.05) is 11.6 Å². The van der Waals surface area contributed by atoms with Crippen molar-refractivity contribution in [2.45, 2.75) is 11.9 Å². The molecule has 0 unspecified atom stereocenters. The van der Waals surface area contributed by atoms with Crippen LogP contribution in [0.5, 0.6) is 0 Å². The Morgan fingerprint density at radius 1 is 1.27 bits per heavy atom. The van der Waals surface area contributed by atoms with Gasteiger partial charge in [0.25, 0.3) is 10.0 Å². The molecule has 0 saturated carbocycles. The molecular formula is C12H13ClN6O2S. The first kappa shape index (κ1) is 14.8. The van der Waals surface area contributed by atoms with Crippen LogP contribution < -0.4 is 4.72 Å². The highest BCUT2D eigenvalue weighted by molar-refractivity contribution is 7.92. The number of rotatable bonds is 3. The van der Waals surface area contributed by atoms with Crippen LogP contribution in [0.1, 0.15) is 5.69 Å². The number of halogens is 1. The monoisotopic (exact) mass is 340 g/mol. The molecule has 0 aromatic carbocycles. The Morgan fingerprint density at radius 3 is 2.64 bits per heavy atom. The average Bonchev–Trinajstić information content (AvgIpc) is 2.91. The van der Waals surface area contributed by atoms with Crippen LogP contribution in [-0.4, -0.2) is 32.7 Å². The van der Waals surface area contributed by atoms with E-state index in [1.165, 1.54) is 17.1 Å². The molecular weight excluding hydrogens is 328 g/mol. The maximum atomic E-state index is 12.3. The highest BCUT2D eigenvalue weighted by atomic mass is 35.5. The van der Waals surface area contributed by atoms with Gasteiger partial charge >= 0.3 is 0 Å². The summed E-state index contributed by atoms with van der Waals surface area (Å²) >= 11 is 5.94. The minimum Gasteiger partial charge on any atom is -0.324 e. The molecule has 3 heterocycles. The Kier molecular flexibility index (Phi) is 3.33. The van der Waals surface area contributed by atoms with E-state index in [2.05, 4.69) is 19.8 Å². The van der Waals surface area contributed by atoms with Crippen LogP contribution in [0.25, 0.3) is 11.0 Å². The Hall–Kier alpha value is -2.13. The molecule has 10 heteroatoms. The number of hydrogen-bond acceptors (Lipinski definition) is 5. The van der Waals surface area contributed by atoms with Crippen LogP contribution in [0.4, 0.5) is 5.69 Å². The number of aryl methyl sites for hydroxylation is 3. The number of anilines is 1. The topological polar surface area (TPSA) is 94.7 Å². The van der Waals surface area contributed by atoms with Gasteiger partial charge in [-0.2, -0.15) is 13.5 Å². The summed E-state index contributed by atoms with van der Waals surface area (Å²) in [5, 5.41) is 4.83. The van der Waals surface area contributed by atoms with Gasteiger partial charge in [0, 0.05) is 19.5 Å². The normalized spacial score (nSPS) is 12.0. The van der Waals surface area contributed by atoms with Crippen LogP contribution in [0.3, 0.4) is 0 Å². The fraction of sp³-hybridized carbons (Fsp3) is 0.250. The number of aromatic nitrogens is 5. The molecule has 0 fully saturated rings. The summed E-state index contributed by atoms with van der Waals surface area (Å²) in [7, 11) is -0.489. The van der Waals surface area contributed by atoms with Crippen molar-refractivity contribution in [1.82, 2.24) is 24.3 Å². The standard InChI is InChI=1S/C12H13ClN6O2S/c1-7-9-4-8(5-14-11(9)19(3)16-7)17-22(20,21)12-10(13)18(2)6-15-12/h4-6,17H,1-3H3. The Balaban J connectivity index is 2.02. The van der Waals surface area contributed by atoms with Gasteiger partial charge in [0.1, 0.15) is 5.15 Å². The van der Waals surface area contributed by atoms with Crippen LogP contribution in [0.2, 0.25) is 5.15 Å². The summed E-state index contributed by atoms with van der Waals surface area (Å²) in [6, 6.07) is 1.68. The fourth-order valence-corrected chi connectivity index (χ4v) is 3.61. The molecule has 3 rings (SSSR count). The van der Waals surface area contributed by atoms with Crippen LogP contribution in [-0.2, 0) is 24.1 Å². The van der Waals surface area contributed by atoms with Crippen LogP contribution >= 0.6 is 11.6 Å². The molecule has 0 aliphatic heterocycles. The second-order valence-electron chi connectivity index (χ2n) is 4.86. The summed E-state index contributed by atoms with van der Waals surface area (Å²) in [5.74, 6) is 0. The van der Waals surface area contributed by atoms with E-state index in [-0.39, 0.29) is 10.2 Å². The summed E-state index contributed by atoms with van der Waals surface area (Å²) in [6.07, 6.45) is 2.77. The number of imidazole rings is 1. The van der Waals surface area contributed by atoms with Crippen molar-refractivity contribution in [1.29, 1.82) is 0 Å². The molecule has 1 N–H and O–H groups in total. The van der Waals surface area contributed by atoms with E-state index in [9.17, 15) is 8.42 Å². The predicted octanol–water partition coefficient (Wildman–Crippen LogP) is 1.46. The van der Waals surface area contributed by atoms with Gasteiger partial charge in [-0.05, 0) is 13.0 Å². The van der Waals surface area contributed by atoms with Crippen LogP contribution in [0, 0.1) is 6.92 Å². The van der Waals surface area contributed by atoms with Crippen molar-refractivity contribution < 1.29 is 8.42 Å².